The van der Waals surface area contributed by atoms with Gasteiger partial charge in [-0.05, 0) is 36.4 Å². The number of amides is 1. The fourth-order valence-electron chi connectivity index (χ4n) is 2.50. The molecular weight excluding hydrogens is 352 g/mol. The number of aromatic nitrogens is 2. The van der Waals surface area contributed by atoms with E-state index in [1.807, 2.05) is 59.3 Å². The summed E-state index contributed by atoms with van der Waals surface area (Å²) < 4.78 is 2.02. The van der Waals surface area contributed by atoms with Gasteiger partial charge < -0.3 is 9.72 Å². The zero-order valence-electron chi connectivity index (χ0n) is 13.4. The molecule has 1 aliphatic heterocycles. The smallest absolute Gasteiger partial charge is 0.257 e. The zero-order chi connectivity index (χ0) is 17.1. The quantitative estimate of drug-likeness (QED) is 0.717. The molecule has 25 heavy (non-hydrogen) atoms. The molecule has 5 nitrogen and oxygen atoms in total. The molecule has 1 aromatic carbocycles. The van der Waals surface area contributed by atoms with E-state index in [1.54, 1.807) is 23.5 Å². The van der Waals surface area contributed by atoms with E-state index in [0.29, 0.717) is 5.56 Å². The number of pyridine rings is 1. The highest BCUT2D eigenvalue weighted by Crippen LogP contribution is 2.23. The molecule has 3 heterocycles. The fourth-order valence-corrected chi connectivity index (χ4v) is 4.00. The topological polar surface area (TPSA) is 58.8 Å². The van der Waals surface area contributed by atoms with Gasteiger partial charge in [0.05, 0.1) is 12.2 Å². The van der Waals surface area contributed by atoms with Crippen molar-refractivity contribution < 1.29 is 4.79 Å². The lowest BCUT2D eigenvalue weighted by atomic mass is 10.2. The molecule has 0 unspecified atom stereocenters. The van der Waals surface area contributed by atoms with Crippen LogP contribution in [-0.2, 0) is 5.75 Å². The largest absolute Gasteiger partial charge is 0.307 e. The van der Waals surface area contributed by atoms with Gasteiger partial charge in [0.15, 0.2) is 5.17 Å². The summed E-state index contributed by atoms with van der Waals surface area (Å²) in [4.78, 5) is 22.1. The molecule has 0 radical (unpaired) electrons. The van der Waals surface area contributed by atoms with Crippen molar-refractivity contribution in [1.82, 2.24) is 14.7 Å². The lowest BCUT2D eigenvalue weighted by Gasteiger charge is -2.05. The van der Waals surface area contributed by atoms with Crippen LogP contribution in [0.3, 0.4) is 0 Å². The summed E-state index contributed by atoms with van der Waals surface area (Å²) in [6.07, 6.45) is 4.04. The minimum absolute atomic E-state index is 0.106. The van der Waals surface area contributed by atoms with E-state index in [0.717, 1.165) is 39.5 Å². The molecular formula is C18H16N4OS2. The van der Waals surface area contributed by atoms with E-state index in [4.69, 9.17) is 0 Å². The van der Waals surface area contributed by atoms with Crippen molar-refractivity contribution in [3.63, 3.8) is 0 Å². The summed E-state index contributed by atoms with van der Waals surface area (Å²) in [6.45, 7) is 0.777. The van der Waals surface area contributed by atoms with Crippen molar-refractivity contribution in [3.8, 4) is 0 Å². The molecule has 1 amide bonds. The van der Waals surface area contributed by atoms with Gasteiger partial charge in [0.2, 0.25) is 0 Å². The second kappa shape index (κ2) is 7.33. The van der Waals surface area contributed by atoms with Gasteiger partial charge >= 0.3 is 0 Å². The number of benzene rings is 1. The van der Waals surface area contributed by atoms with Crippen molar-refractivity contribution in [1.29, 1.82) is 0 Å². The first-order valence-electron chi connectivity index (χ1n) is 7.92. The van der Waals surface area contributed by atoms with E-state index in [1.165, 1.54) is 0 Å². The van der Waals surface area contributed by atoms with Crippen LogP contribution in [0, 0.1) is 0 Å². The summed E-state index contributed by atoms with van der Waals surface area (Å²) in [7, 11) is 0. The van der Waals surface area contributed by atoms with E-state index in [-0.39, 0.29) is 5.91 Å². The highest BCUT2D eigenvalue weighted by molar-refractivity contribution is 8.14. The number of carbonyl (C=O) groups excluding carboxylic acids is 1. The number of aliphatic imine (C=N–C) groups is 1. The first-order chi connectivity index (χ1) is 12.3. The molecule has 3 aromatic rings. The molecule has 0 aliphatic carbocycles. The van der Waals surface area contributed by atoms with E-state index < -0.39 is 0 Å². The van der Waals surface area contributed by atoms with Gasteiger partial charge in [-0.1, -0.05) is 17.8 Å². The molecule has 0 saturated heterocycles. The Morgan fingerprint density at radius 1 is 1.24 bits per heavy atom. The predicted molar refractivity (Wildman–Crippen MR) is 103 cm³/mol. The molecule has 1 aliphatic rings. The van der Waals surface area contributed by atoms with Crippen LogP contribution in [0.5, 0.6) is 0 Å². The van der Waals surface area contributed by atoms with Crippen LogP contribution in [0.15, 0.2) is 64.7 Å². The first kappa shape index (κ1) is 16.2. The van der Waals surface area contributed by atoms with Gasteiger partial charge in [-0.15, -0.1) is 11.8 Å². The number of rotatable bonds is 4. The van der Waals surface area contributed by atoms with E-state index in [9.17, 15) is 4.79 Å². The zero-order valence-corrected chi connectivity index (χ0v) is 15.0. The van der Waals surface area contributed by atoms with Crippen LogP contribution >= 0.6 is 23.5 Å². The van der Waals surface area contributed by atoms with Gasteiger partial charge in [-0.3, -0.25) is 9.79 Å². The van der Waals surface area contributed by atoms with Crippen LogP contribution in [0.1, 0.15) is 16.1 Å². The number of nitrogens with zero attached hydrogens (tertiary/aromatic N) is 3. The molecule has 0 atom stereocenters. The Bertz CT molecular complexity index is 901. The van der Waals surface area contributed by atoms with Gasteiger partial charge in [-0.2, -0.15) is 0 Å². The molecule has 0 saturated carbocycles. The summed E-state index contributed by atoms with van der Waals surface area (Å²) in [5.74, 6) is 1.62. The molecule has 0 bridgehead atoms. The number of carbonyl (C=O) groups is 1. The Balaban J connectivity index is 1.37. The van der Waals surface area contributed by atoms with Crippen molar-refractivity contribution in [2.45, 2.75) is 10.6 Å². The van der Waals surface area contributed by atoms with Gasteiger partial charge in [0, 0.05) is 34.4 Å². The third kappa shape index (κ3) is 3.88. The second-order valence-corrected chi connectivity index (χ2v) is 7.63. The van der Waals surface area contributed by atoms with Gasteiger partial charge in [-0.25, -0.2) is 4.98 Å². The Labute approximate surface area is 153 Å². The summed E-state index contributed by atoms with van der Waals surface area (Å²) >= 11 is 3.29. The molecule has 1 N–H and O–H groups in total. The fraction of sp³-hybridized carbons (Fsp3) is 0.167. The minimum Gasteiger partial charge on any atom is -0.307 e. The number of nitrogens with one attached hydrogen (secondary N) is 1. The van der Waals surface area contributed by atoms with Crippen LogP contribution in [0.2, 0.25) is 0 Å². The molecule has 0 fully saturated rings. The van der Waals surface area contributed by atoms with Crippen molar-refractivity contribution in [2.24, 2.45) is 4.99 Å². The number of amidine groups is 1. The highest BCUT2D eigenvalue weighted by atomic mass is 32.2. The SMILES string of the molecule is O=C(NC1=NCCS1)c1ccc(SCc2cn3ccccc3n2)cc1. The number of hydrogen-bond donors (Lipinski definition) is 1. The van der Waals surface area contributed by atoms with Crippen LogP contribution in [-0.4, -0.2) is 32.8 Å². The summed E-state index contributed by atoms with van der Waals surface area (Å²) in [5.41, 5.74) is 2.64. The molecule has 126 valence electrons. The number of imidazole rings is 1. The van der Waals surface area contributed by atoms with Crippen LogP contribution < -0.4 is 5.32 Å². The third-order valence-corrected chi connectivity index (χ3v) is 5.66. The Morgan fingerprint density at radius 2 is 2.12 bits per heavy atom. The maximum Gasteiger partial charge on any atom is 0.257 e. The maximum atomic E-state index is 12.2. The Kier molecular flexibility index (Phi) is 4.76. The standard InChI is InChI=1S/C18H16N4OS2/c23-17(21-18-19-8-10-24-18)13-4-6-15(7-5-13)25-12-14-11-22-9-2-1-3-16(22)20-14/h1-7,9,11H,8,10,12H2,(H,19,21,23). The average Bonchev–Trinajstić information content (AvgIpc) is 3.29. The van der Waals surface area contributed by atoms with Crippen LogP contribution in [0.4, 0.5) is 0 Å². The predicted octanol–water partition coefficient (Wildman–Crippen LogP) is 3.46. The lowest BCUT2D eigenvalue weighted by Crippen LogP contribution is -2.27. The number of fused-ring (bicyclic) bond motifs is 1. The van der Waals surface area contributed by atoms with Crippen molar-refractivity contribution in [3.05, 3.63) is 66.1 Å². The summed E-state index contributed by atoms with van der Waals surface area (Å²) in [6, 6.07) is 13.6. The average molecular weight is 368 g/mol. The molecule has 0 spiro atoms. The molecule has 7 heteroatoms. The molecule has 4 rings (SSSR count). The third-order valence-electron chi connectivity index (χ3n) is 3.72. The molecule has 2 aromatic heterocycles. The van der Waals surface area contributed by atoms with E-state index >= 15 is 0 Å². The maximum absolute atomic E-state index is 12.2. The Hall–Kier alpha value is -2.25. The highest BCUT2D eigenvalue weighted by Gasteiger charge is 2.12. The van der Waals surface area contributed by atoms with Gasteiger partial charge in [0.1, 0.15) is 5.65 Å². The van der Waals surface area contributed by atoms with Gasteiger partial charge in [0.25, 0.3) is 5.91 Å². The number of thioether (sulfide) groups is 2. The monoisotopic (exact) mass is 368 g/mol. The second-order valence-electron chi connectivity index (χ2n) is 5.50. The van der Waals surface area contributed by atoms with Crippen molar-refractivity contribution in [2.75, 3.05) is 12.3 Å². The normalized spacial score (nSPS) is 13.8. The van der Waals surface area contributed by atoms with Crippen molar-refractivity contribution >= 4 is 40.2 Å². The Morgan fingerprint density at radius 3 is 2.88 bits per heavy atom. The first-order valence-corrected chi connectivity index (χ1v) is 9.89. The van der Waals surface area contributed by atoms with Crippen LogP contribution in [0.25, 0.3) is 5.65 Å². The summed E-state index contributed by atoms with van der Waals surface area (Å²) in [5, 5.41) is 3.56. The minimum atomic E-state index is -0.106. The lowest BCUT2D eigenvalue weighted by molar-refractivity contribution is 0.0978. The van der Waals surface area contributed by atoms with E-state index in [2.05, 4.69) is 15.3 Å². The number of hydrogen-bond acceptors (Lipinski definition) is 5.